The molecule has 1 aromatic heterocycles. The lowest BCUT2D eigenvalue weighted by Gasteiger charge is -2.32. The molecule has 5 nitrogen and oxygen atoms in total. The van der Waals surface area contributed by atoms with E-state index in [1.165, 1.54) is 5.56 Å². The number of rotatable bonds is 7. The van der Waals surface area contributed by atoms with Gasteiger partial charge in [0.2, 0.25) is 5.91 Å². The molecule has 3 rings (SSSR count). The van der Waals surface area contributed by atoms with Crippen molar-refractivity contribution < 1.29 is 9.59 Å². The Labute approximate surface area is 155 Å². The van der Waals surface area contributed by atoms with Gasteiger partial charge in [-0.1, -0.05) is 30.3 Å². The van der Waals surface area contributed by atoms with Crippen LogP contribution in [0, 0.1) is 5.92 Å². The predicted octanol–water partition coefficient (Wildman–Crippen LogP) is 2.79. The number of aromatic nitrogens is 2. The van der Waals surface area contributed by atoms with E-state index in [9.17, 15) is 9.59 Å². The number of nitrogens with zero attached hydrogens (tertiary/aromatic N) is 3. The first-order chi connectivity index (χ1) is 12.6. The summed E-state index contributed by atoms with van der Waals surface area (Å²) in [5, 5.41) is 4.13. The monoisotopic (exact) mass is 353 g/mol. The second-order valence-electron chi connectivity index (χ2n) is 7.08. The Balaban J connectivity index is 1.47. The minimum atomic E-state index is -0.00637. The number of benzene rings is 1. The molecule has 1 unspecified atom stereocenters. The summed E-state index contributed by atoms with van der Waals surface area (Å²) < 4.78 is 1.80. The molecule has 5 heteroatoms. The number of hydrogen-bond acceptors (Lipinski definition) is 3. The Kier molecular flexibility index (Phi) is 6.21. The predicted molar refractivity (Wildman–Crippen MR) is 101 cm³/mol. The summed E-state index contributed by atoms with van der Waals surface area (Å²) in [6.45, 7) is 1.35. The van der Waals surface area contributed by atoms with Crippen LogP contribution in [0.4, 0.5) is 0 Å². The van der Waals surface area contributed by atoms with E-state index in [0.29, 0.717) is 25.8 Å². The van der Waals surface area contributed by atoms with Gasteiger partial charge in [0.15, 0.2) is 0 Å². The molecule has 26 heavy (non-hydrogen) atoms. The second kappa shape index (κ2) is 8.79. The van der Waals surface area contributed by atoms with E-state index in [4.69, 9.17) is 0 Å². The van der Waals surface area contributed by atoms with Gasteiger partial charge in [-0.05, 0) is 37.3 Å². The lowest BCUT2D eigenvalue weighted by molar-refractivity contribution is -0.135. The van der Waals surface area contributed by atoms with Crippen molar-refractivity contribution in [2.45, 2.75) is 38.5 Å². The first kappa shape index (κ1) is 18.4. The molecule has 0 radical (unpaired) electrons. The van der Waals surface area contributed by atoms with Crippen molar-refractivity contribution in [1.82, 2.24) is 14.7 Å². The molecule has 0 aliphatic carbocycles. The highest BCUT2D eigenvalue weighted by molar-refractivity contribution is 5.83. The van der Waals surface area contributed by atoms with Gasteiger partial charge in [-0.25, -0.2) is 0 Å². The van der Waals surface area contributed by atoms with Crippen LogP contribution in [0.3, 0.4) is 0 Å². The summed E-state index contributed by atoms with van der Waals surface area (Å²) in [6, 6.07) is 12.1. The van der Waals surface area contributed by atoms with Crippen LogP contribution < -0.4 is 0 Å². The van der Waals surface area contributed by atoms with Gasteiger partial charge in [0.1, 0.15) is 5.78 Å². The fourth-order valence-electron chi connectivity index (χ4n) is 3.62. The van der Waals surface area contributed by atoms with Gasteiger partial charge in [-0.15, -0.1) is 0 Å². The fourth-order valence-corrected chi connectivity index (χ4v) is 3.62. The van der Waals surface area contributed by atoms with Gasteiger partial charge in [-0.3, -0.25) is 14.3 Å². The fraction of sp³-hybridized carbons (Fsp3) is 0.476. The van der Waals surface area contributed by atoms with Crippen LogP contribution in [0.15, 0.2) is 42.6 Å². The lowest BCUT2D eigenvalue weighted by atomic mass is 9.90. The maximum atomic E-state index is 12.6. The maximum Gasteiger partial charge on any atom is 0.222 e. The van der Waals surface area contributed by atoms with Crippen LogP contribution in [0.1, 0.15) is 36.9 Å². The number of hydrogen-bond donors (Lipinski definition) is 0. The molecule has 1 aromatic carbocycles. The summed E-state index contributed by atoms with van der Waals surface area (Å²) >= 11 is 0. The number of carbonyl (C=O) groups is 2. The molecule has 0 spiro atoms. The van der Waals surface area contributed by atoms with Crippen molar-refractivity contribution in [3.63, 3.8) is 0 Å². The third kappa shape index (κ3) is 4.81. The van der Waals surface area contributed by atoms with E-state index in [1.807, 2.05) is 36.2 Å². The summed E-state index contributed by atoms with van der Waals surface area (Å²) in [4.78, 5) is 27.0. The number of likely N-dealkylation sites (tertiary alicyclic amines) is 1. The number of Topliss-reactive ketones (excluding diaryl/α,β-unsaturated/α-hetero) is 1. The summed E-state index contributed by atoms with van der Waals surface area (Å²) in [7, 11) is 1.89. The molecule has 0 saturated carbocycles. The molecule has 1 saturated heterocycles. The first-order valence-corrected chi connectivity index (χ1v) is 9.45. The van der Waals surface area contributed by atoms with E-state index in [-0.39, 0.29) is 17.6 Å². The molecular weight excluding hydrogens is 326 g/mol. The Morgan fingerprint density at radius 1 is 1.12 bits per heavy atom. The Morgan fingerprint density at radius 2 is 1.92 bits per heavy atom. The average molecular weight is 353 g/mol. The van der Waals surface area contributed by atoms with Gasteiger partial charge in [0, 0.05) is 50.8 Å². The minimum absolute atomic E-state index is 0.00637. The highest BCUT2D eigenvalue weighted by atomic mass is 16.2. The molecule has 1 atom stereocenters. The largest absolute Gasteiger partial charge is 0.342 e. The number of carbonyl (C=O) groups excluding carboxylic acids is 2. The smallest absolute Gasteiger partial charge is 0.222 e. The summed E-state index contributed by atoms with van der Waals surface area (Å²) in [5.41, 5.74) is 2.26. The zero-order valence-electron chi connectivity index (χ0n) is 15.4. The van der Waals surface area contributed by atoms with Gasteiger partial charge in [0.25, 0.3) is 0 Å². The van der Waals surface area contributed by atoms with Gasteiger partial charge < -0.3 is 4.90 Å². The van der Waals surface area contributed by atoms with Gasteiger partial charge in [-0.2, -0.15) is 5.10 Å². The molecule has 1 aliphatic heterocycles. The third-order valence-corrected chi connectivity index (χ3v) is 5.25. The van der Waals surface area contributed by atoms with Crippen LogP contribution in [0.25, 0.3) is 0 Å². The number of amides is 1. The minimum Gasteiger partial charge on any atom is -0.342 e. The molecule has 1 amide bonds. The quantitative estimate of drug-likeness (QED) is 0.769. The highest BCUT2D eigenvalue weighted by Gasteiger charge is 2.27. The van der Waals surface area contributed by atoms with Crippen molar-refractivity contribution >= 4 is 11.7 Å². The van der Waals surface area contributed by atoms with Crippen LogP contribution >= 0.6 is 0 Å². The molecule has 2 heterocycles. The third-order valence-electron chi connectivity index (χ3n) is 5.25. The van der Waals surface area contributed by atoms with E-state index < -0.39 is 0 Å². The highest BCUT2D eigenvalue weighted by Crippen LogP contribution is 2.20. The van der Waals surface area contributed by atoms with E-state index in [0.717, 1.165) is 31.5 Å². The van der Waals surface area contributed by atoms with E-state index >= 15 is 0 Å². The Hall–Kier alpha value is -2.43. The van der Waals surface area contributed by atoms with E-state index in [2.05, 4.69) is 17.2 Å². The molecular formula is C21H27N3O2. The molecule has 2 aromatic rings. The zero-order valence-corrected chi connectivity index (χ0v) is 15.4. The van der Waals surface area contributed by atoms with Crippen LogP contribution in [0.5, 0.6) is 0 Å². The summed E-state index contributed by atoms with van der Waals surface area (Å²) in [6.07, 6.45) is 6.08. The van der Waals surface area contributed by atoms with Crippen molar-refractivity contribution in [3.05, 3.63) is 53.9 Å². The number of piperidine rings is 1. The first-order valence-electron chi connectivity index (χ1n) is 9.45. The van der Waals surface area contributed by atoms with Crippen molar-refractivity contribution in [1.29, 1.82) is 0 Å². The molecule has 0 bridgehead atoms. The second-order valence-corrected chi connectivity index (χ2v) is 7.08. The normalized spacial score (nSPS) is 17.3. The van der Waals surface area contributed by atoms with Crippen LogP contribution in [0.2, 0.25) is 0 Å². The number of ketones is 1. The van der Waals surface area contributed by atoms with Crippen molar-refractivity contribution in [3.8, 4) is 0 Å². The van der Waals surface area contributed by atoms with Gasteiger partial charge in [0.05, 0.1) is 0 Å². The SMILES string of the molecule is Cn1nccc1CCC(=O)N1CCCC(C(=O)CCc2ccccc2)C1. The maximum absolute atomic E-state index is 12.6. The molecule has 0 N–H and O–H groups in total. The summed E-state index contributed by atoms with van der Waals surface area (Å²) in [5.74, 6) is 0.429. The van der Waals surface area contributed by atoms with Gasteiger partial charge >= 0.3 is 0 Å². The molecule has 1 aliphatic rings. The van der Waals surface area contributed by atoms with Crippen LogP contribution in [-0.4, -0.2) is 39.5 Å². The zero-order chi connectivity index (χ0) is 18.4. The average Bonchev–Trinajstić information content (AvgIpc) is 3.10. The molecule has 138 valence electrons. The number of aryl methyl sites for hydroxylation is 3. The van der Waals surface area contributed by atoms with E-state index in [1.54, 1.807) is 10.9 Å². The standard InChI is InChI=1S/C21H27N3O2/c1-23-19(13-14-22-23)10-12-21(26)24-15-5-8-18(16-24)20(25)11-9-17-6-3-2-4-7-17/h2-4,6-7,13-14,18H,5,8-12,15-16H2,1H3. The molecule has 1 fully saturated rings. The van der Waals surface area contributed by atoms with Crippen LogP contribution in [-0.2, 0) is 29.5 Å². The Morgan fingerprint density at radius 3 is 2.65 bits per heavy atom. The lowest BCUT2D eigenvalue weighted by Crippen LogP contribution is -2.42. The van der Waals surface area contributed by atoms with Crippen molar-refractivity contribution in [2.75, 3.05) is 13.1 Å². The topological polar surface area (TPSA) is 55.2 Å². The van der Waals surface area contributed by atoms with Crippen molar-refractivity contribution in [2.24, 2.45) is 13.0 Å². The Bertz CT molecular complexity index is 739.